The van der Waals surface area contributed by atoms with Crippen molar-refractivity contribution in [3.63, 3.8) is 0 Å². The molecule has 0 heterocycles. The standard InChI is InChI=1S/C12H19NO3Si/c1-4-5-10-17(2,3)16-12-8-6-11(7-9-12)13(14)15/h6-9H,4-5,10H2,1-3H3. The van der Waals surface area contributed by atoms with Gasteiger partial charge in [0.25, 0.3) is 5.69 Å². The third-order valence-electron chi connectivity index (χ3n) is 2.57. The van der Waals surface area contributed by atoms with Gasteiger partial charge in [-0.3, -0.25) is 10.1 Å². The first-order valence-corrected chi connectivity index (χ1v) is 8.99. The number of nitro benzene ring substituents is 1. The van der Waals surface area contributed by atoms with E-state index < -0.39 is 13.2 Å². The second-order valence-corrected chi connectivity index (χ2v) is 8.94. The Bertz CT molecular complexity index is 376. The molecule has 0 saturated carbocycles. The fraction of sp³-hybridized carbons (Fsp3) is 0.500. The van der Waals surface area contributed by atoms with Crippen LogP contribution < -0.4 is 4.43 Å². The molecule has 4 nitrogen and oxygen atoms in total. The highest BCUT2D eigenvalue weighted by atomic mass is 28.4. The van der Waals surface area contributed by atoms with E-state index in [0.29, 0.717) is 0 Å². The highest BCUT2D eigenvalue weighted by molar-refractivity contribution is 6.71. The minimum absolute atomic E-state index is 0.102. The van der Waals surface area contributed by atoms with Crippen molar-refractivity contribution in [2.75, 3.05) is 0 Å². The number of non-ortho nitro benzene ring substituents is 1. The molecule has 0 atom stereocenters. The Balaban J connectivity index is 2.65. The van der Waals surface area contributed by atoms with Gasteiger partial charge in [-0.1, -0.05) is 19.8 Å². The molecule has 0 unspecified atom stereocenters. The highest BCUT2D eigenvalue weighted by Gasteiger charge is 2.23. The van der Waals surface area contributed by atoms with E-state index >= 15 is 0 Å². The first-order valence-electron chi connectivity index (χ1n) is 5.88. The van der Waals surface area contributed by atoms with Crippen LogP contribution in [0.4, 0.5) is 5.69 Å². The van der Waals surface area contributed by atoms with E-state index in [1.807, 2.05) is 0 Å². The molecule has 0 saturated heterocycles. The SMILES string of the molecule is CCCC[Si](C)(C)Oc1ccc([N+](=O)[O-])cc1. The lowest BCUT2D eigenvalue weighted by Crippen LogP contribution is -2.33. The lowest BCUT2D eigenvalue weighted by atomic mass is 10.3. The molecule has 0 aliphatic heterocycles. The molecule has 0 N–H and O–H groups in total. The fourth-order valence-corrected chi connectivity index (χ4v) is 3.69. The largest absolute Gasteiger partial charge is 0.544 e. The Labute approximate surface area is 103 Å². The van der Waals surface area contributed by atoms with Gasteiger partial charge in [0.2, 0.25) is 8.32 Å². The molecule has 0 aliphatic rings. The molecule has 0 aliphatic carbocycles. The van der Waals surface area contributed by atoms with Crippen LogP contribution in [-0.4, -0.2) is 13.2 Å². The monoisotopic (exact) mass is 253 g/mol. The quantitative estimate of drug-likeness (QED) is 0.438. The summed E-state index contributed by atoms with van der Waals surface area (Å²) in [4.78, 5) is 10.1. The third kappa shape index (κ3) is 4.56. The molecule has 0 bridgehead atoms. The zero-order valence-corrected chi connectivity index (χ0v) is 11.6. The van der Waals surface area contributed by atoms with E-state index in [0.717, 1.165) is 11.8 Å². The molecule has 0 fully saturated rings. The van der Waals surface area contributed by atoms with Crippen LogP contribution in [0.1, 0.15) is 19.8 Å². The van der Waals surface area contributed by atoms with Crippen molar-refractivity contribution in [2.45, 2.75) is 38.9 Å². The van der Waals surface area contributed by atoms with Crippen LogP contribution in [0.3, 0.4) is 0 Å². The molecule has 5 heteroatoms. The lowest BCUT2D eigenvalue weighted by Gasteiger charge is -2.23. The summed E-state index contributed by atoms with van der Waals surface area (Å²) >= 11 is 0. The number of hydrogen-bond donors (Lipinski definition) is 0. The average Bonchev–Trinajstić information content (AvgIpc) is 2.26. The van der Waals surface area contributed by atoms with Gasteiger partial charge >= 0.3 is 0 Å². The smallest absolute Gasteiger partial charge is 0.269 e. The van der Waals surface area contributed by atoms with Crippen molar-refractivity contribution in [3.8, 4) is 5.75 Å². The number of unbranched alkanes of at least 4 members (excludes halogenated alkanes) is 1. The molecule has 0 radical (unpaired) electrons. The highest BCUT2D eigenvalue weighted by Crippen LogP contribution is 2.23. The second kappa shape index (κ2) is 5.81. The normalized spacial score (nSPS) is 11.2. The van der Waals surface area contributed by atoms with Gasteiger partial charge in [0.1, 0.15) is 5.75 Å². The van der Waals surface area contributed by atoms with Gasteiger partial charge in [0, 0.05) is 12.1 Å². The van der Waals surface area contributed by atoms with Gasteiger partial charge in [-0.25, -0.2) is 0 Å². The van der Waals surface area contributed by atoms with Crippen molar-refractivity contribution in [1.29, 1.82) is 0 Å². The second-order valence-electron chi connectivity index (χ2n) is 4.72. The summed E-state index contributed by atoms with van der Waals surface area (Å²) in [5.41, 5.74) is 0.102. The van der Waals surface area contributed by atoms with Gasteiger partial charge in [-0.05, 0) is 31.3 Å². The van der Waals surface area contributed by atoms with Gasteiger partial charge in [0.05, 0.1) is 4.92 Å². The van der Waals surface area contributed by atoms with Crippen LogP contribution in [0.15, 0.2) is 24.3 Å². The summed E-state index contributed by atoms with van der Waals surface area (Å²) in [5, 5.41) is 10.5. The summed E-state index contributed by atoms with van der Waals surface area (Å²) in [7, 11) is -1.68. The zero-order chi connectivity index (χ0) is 12.9. The maximum Gasteiger partial charge on any atom is 0.269 e. The molecular formula is C12H19NO3Si. The minimum Gasteiger partial charge on any atom is -0.544 e. The number of nitrogens with zero attached hydrogens (tertiary/aromatic N) is 1. The number of rotatable bonds is 6. The van der Waals surface area contributed by atoms with E-state index in [2.05, 4.69) is 20.0 Å². The van der Waals surface area contributed by atoms with Crippen LogP contribution in [0.2, 0.25) is 19.1 Å². The number of hydrogen-bond acceptors (Lipinski definition) is 3. The van der Waals surface area contributed by atoms with Gasteiger partial charge < -0.3 is 4.43 Å². The van der Waals surface area contributed by atoms with Crippen molar-refractivity contribution in [3.05, 3.63) is 34.4 Å². The van der Waals surface area contributed by atoms with E-state index in [9.17, 15) is 10.1 Å². The molecular weight excluding hydrogens is 234 g/mol. The molecule has 0 amide bonds. The van der Waals surface area contributed by atoms with E-state index in [1.165, 1.54) is 25.0 Å². The van der Waals surface area contributed by atoms with Crippen LogP contribution in [0, 0.1) is 10.1 Å². The van der Waals surface area contributed by atoms with Gasteiger partial charge in [0.15, 0.2) is 0 Å². The predicted molar refractivity (Wildman–Crippen MR) is 70.9 cm³/mol. The third-order valence-corrected chi connectivity index (χ3v) is 4.92. The van der Waals surface area contributed by atoms with Crippen LogP contribution in [-0.2, 0) is 0 Å². The molecule has 1 aromatic carbocycles. The Morgan fingerprint density at radius 1 is 1.29 bits per heavy atom. The number of benzene rings is 1. The topological polar surface area (TPSA) is 52.4 Å². The van der Waals surface area contributed by atoms with Crippen molar-refractivity contribution in [1.82, 2.24) is 0 Å². The van der Waals surface area contributed by atoms with Crippen LogP contribution >= 0.6 is 0 Å². The zero-order valence-electron chi connectivity index (χ0n) is 10.6. The van der Waals surface area contributed by atoms with Crippen LogP contribution in [0.5, 0.6) is 5.75 Å². The first-order chi connectivity index (χ1) is 7.94. The summed E-state index contributed by atoms with van der Waals surface area (Å²) in [6, 6.07) is 7.44. The number of nitro groups is 1. The summed E-state index contributed by atoms with van der Waals surface area (Å²) < 4.78 is 5.95. The summed E-state index contributed by atoms with van der Waals surface area (Å²) in [6.45, 7) is 6.50. The molecule has 17 heavy (non-hydrogen) atoms. The Morgan fingerprint density at radius 2 is 1.88 bits per heavy atom. The molecule has 0 aromatic heterocycles. The van der Waals surface area contributed by atoms with Crippen molar-refractivity contribution >= 4 is 14.0 Å². The first kappa shape index (κ1) is 13.7. The lowest BCUT2D eigenvalue weighted by molar-refractivity contribution is -0.384. The van der Waals surface area contributed by atoms with Crippen LogP contribution in [0.25, 0.3) is 0 Å². The molecule has 1 aromatic rings. The average molecular weight is 253 g/mol. The van der Waals surface area contributed by atoms with Crippen molar-refractivity contribution < 1.29 is 9.35 Å². The summed E-state index contributed by atoms with van der Waals surface area (Å²) in [6.07, 6.45) is 2.34. The fourth-order valence-electron chi connectivity index (χ4n) is 1.61. The Kier molecular flexibility index (Phi) is 4.69. The predicted octanol–water partition coefficient (Wildman–Crippen LogP) is 3.98. The van der Waals surface area contributed by atoms with E-state index in [4.69, 9.17) is 4.43 Å². The van der Waals surface area contributed by atoms with E-state index in [1.54, 1.807) is 12.1 Å². The van der Waals surface area contributed by atoms with Gasteiger partial charge in [-0.2, -0.15) is 0 Å². The van der Waals surface area contributed by atoms with Crippen molar-refractivity contribution in [2.24, 2.45) is 0 Å². The maximum absolute atomic E-state index is 10.5. The molecule has 0 spiro atoms. The Morgan fingerprint density at radius 3 is 2.35 bits per heavy atom. The molecule has 94 valence electrons. The van der Waals surface area contributed by atoms with E-state index in [-0.39, 0.29) is 5.69 Å². The Hall–Kier alpha value is -1.36. The maximum atomic E-state index is 10.5. The summed E-state index contributed by atoms with van der Waals surface area (Å²) in [5.74, 6) is 0.739. The van der Waals surface area contributed by atoms with Gasteiger partial charge in [-0.15, -0.1) is 0 Å². The molecule has 1 rings (SSSR count). The minimum atomic E-state index is -1.68.